The molecule has 4 heteroatoms. The van der Waals surface area contributed by atoms with Crippen LogP contribution in [0.2, 0.25) is 0 Å². The average Bonchev–Trinajstić information content (AvgIpc) is 2.57. The van der Waals surface area contributed by atoms with Gasteiger partial charge in [-0.05, 0) is 6.92 Å². The highest BCUT2D eigenvalue weighted by atomic mass is 32.1. The Labute approximate surface area is 82.3 Å². The van der Waals surface area contributed by atoms with Gasteiger partial charge >= 0.3 is 0 Å². The molecule has 0 radical (unpaired) electrons. The van der Waals surface area contributed by atoms with Gasteiger partial charge in [0.15, 0.2) is 0 Å². The lowest BCUT2D eigenvalue weighted by atomic mass is 10.3. The number of rotatable bonds is 2. The van der Waals surface area contributed by atoms with Gasteiger partial charge in [-0.3, -0.25) is 4.90 Å². The molecule has 0 spiro atoms. The van der Waals surface area contributed by atoms with Gasteiger partial charge in [0.2, 0.25) is 0 Å². The maximum Gasteiger partial charge on any atom is 0.0795 e. The van der Waals surface area contributed by atoms with Crippen LogP contribution in [0.3, 0.4) is 0 Å². The maximum atomic E-state index is 5.47. The fourth-order valence-electron chi connectivity index (χ4n) is 1.58. The Hall–Kier alpha value is -0.450. The van der Waals surface area contributed by atoms with E-state index in [1.807, 2.05) is 5.51 Å². The summed E-state index contributed by atoms with van der Waals surface area (Å²) in [6, 6.07) is 0. The van der Waals surface area contributed by atoms with Crippen LogP contribution in [0.25, 0.3) is 0 Å². The second-order valence-electron chi connectivity index (χ2n) is 3.40. The quantitative estimate of drug-likeness (QED) is 0.717. The van der Waals surface area contributed by atoms with Gasteiger partial charge in [-0.1, -0.05) is 0 Å². The predicted octanol–water partition coefficient (Wildman–Crippen LogP) is 1.36. The summed E-state index contributed by atoms with van der Waals surface area (Å²) in [5, 5.41) is 2.11. The first-order valence-corrected chi connectivity index (χ1v) is 5.50. The lowest BCUT2D eigenvalue weighted by Gasteiger charge is -2.30. The minimum absolute atomic E-state index is 0.368. The second kappa shape index (κ2) is 4.17. The third kappa shape index (κ3) is 2.49. The minimum atomic E-state index is 0.368. The summed E-state index contributed by atoms with van der Waals surface area (Å²) < 4.78 is 5.47. The van der Waals surface area contributed by atoms with Crippen molar-refractivity contribution in [2.75, 3.05) is 19.7 Å². The van der Waals surface area contributed by atoms with Crippen molar-refractivity contribution in [3.63, 3.8) is 0 Å². The highest BCUT2D eigenvalue weighted by Crippen LogP contribution is 2.09. The van der Waals surface area contributed by atoms with E-state index in [-0.39, 0.29) is 0 Å². The molecule has 1 saturated heterocycles. The molecule has 1 aliphatic rings. The molecule has 0 saturated carbocycles. The predicted molar refractivity (Wildman–Crippen MR) is 52.8 cm³/mol. The van der Waals surface area contributed by atoms with E-state index in [4.69, 9.17) is 4.74 Å². The summed E-state index contributed by atoms with van der Waals surface area (Å²) in [6.07, 6.45) is 0.368. The number of morpholine rings is 1. The molecule has 0 aliphatic carbocycles. The first-order valence-electron chi connectivity index (χ1n) is 4.55. The first kappa shape index (κ1) is 9.12. The summed E-state index contributed by atoms with van der Waals surface area (Å²) in [7, 11) is 0. The van der Waals surface area contributed by atoms with Crippen molar-refractivity contribution in [2.24, 2.45) is 0 Å². The average molecular weight is 198 g/mol. The normalized spacial score (nSPS) is 24.8. The fourth-order valence-corrected chi connectivity index (χ4v) is 2.13. The number of aromatic nitrogens is 1. The van der Waals surface area contributed by atoms with Crippen LogP contribution >= 0.6 is 11.3 Å². The Bertz CT molecular complexity index is 250. The van der Waals surface area contributed by atoms with Gasteiger partial charge in [0.1, 0.15) is 0 Å². The molecule has 0 bridgehead atoms. The molecular weight excluding hydrogens is 184 g/mol. The molecule has 1 aromatic rings. The number of hydrogen-bond acceptors (Lipinski definition) is 4. The second-order valence-corrected chi connectivity index (χ2v) is 4.11. The SMILES string of the molecule is CC1CN(Cc2cscn2)CCO1. The summed E-state index contributed by atoms with van der Waals surface area (Å²) in [5.41, 5.74) is 3.07. The topological polar surface area (TPSA) is 25.4 Å². The van der Waals surface area contributed by atoms with E-state index in [1.54, 1.807) is 11.3 Å². The molecule has 72 valence electrons. The molecule has 3 nitrogen and oxygen atoms in total. The van der Waals surface area contributed by atoms with Crippen molar-refractivity contribution in [3.05, 3.63) is 16.6 Å². The first-order chi connectivity index (χ1) is 6.34. The third-order valence-corrected chi connectivity index (χ3v) is 2.83. The van der Waals surface area contributed by atoms with Crippen molar-refractivity contribution >= 4 is 11.3 Å². The van der Waals surface area contributed by atoms with Gasteiger partial charge in [-0.25, -0.2) is 4.98 Å². The van der Waals surface area contributed by atoms with Gasteiger partial charge in [-0.2, -0.15) is 0 Å². The third-order valence-electron chi connectivity index (χ3n) is 2.19. The monoisotopic (exact) mass is 198 g/mol. The van der Waals surface area contributed by atoms with E-state index in [9.17, 15) is 0 Å². The maximum absolute atomic E-state index is 5.47. The van der Waals surface area contributed by atoms with Gasteiger partial charge in [0.05, 0.1) is 23.9 Å². The molecular formula is C9H14N2OS. The largest absolute Gasteiger partial charge is 0.376 e. The van der Waals surface area contributed by atoms with Crippen molar-refractivity contribution in [3.8, 4) is 0 Å². The number of ether oxygens (including phenoxy) is 1. The van der Waals surface area contributed by atoms with Crippen LogP contribution < -0.4 is 0 Å². The van der Waals surface area contributed by atoms with Gasteiger partial charge in [0.25, 0.3) is 0 Å². The smallest absolute Gasteiger partial charge is 0.0795 e. The summed E-state index contributed by atoms with van der Waals surface area (Å²) in [4.78, 5) is 6.66. The van der Waals surface area contributed by atoms with E-state index < -0.39 is 0 Å². The molecule has 1 fully saturated rings. The summed E-state index contributed by atoms with van der Waals surface area (Å²) >= 11 is 1.66. The highest BCUT2D eigenvalue weighted by molar-refractivity contribution is 7.07. The Morgan fingerprint density at radius 3 is 3.38 bits per heavy atom. The van der Waals surface area contributed by atoms with Crippen LogP contribution in [0.15, 0.2) is 10.9 Å². The number of thiazole rings is 1. The van der Waals surface area contributed by atoms with Crippen LogP contribution in [-0.2, 0) is 11.3 Å². The van der Waals surface area contributed by atoms with Crippen LogP contribution in [0.5, 0.6) is 0 Å². The van der Waals surface area contributed by atoms with Crippen LogP contribution in [0, 0.1) is 0 Å². The number of hydrogen-bond donors (Lipinski definition) is 0. The highest BCUT2D eigenvalue weighted by Gasteiger charge is 2.16. The van der Waals surface area contributed by atoms with E-state index >= 15 is 0 Å². The molecule has 0 N–H and O–H groups in total. The lowest BCUT2D eigenvalue weighted by molar-refractivity contribution is -0.0215. The lowest BCUT2D eigenvalue weighted by Crippen LogP contribution is -2.40. The van der Waals surface area contributed by atoms with Crippen LogP contribution in [0.4, 0.5) is 0 Å². The zero-order valence-electron chi connectivity index (χ0n) is 7.77. The molecule has 2 rings (SSSR count). The van der Waals surface area contributed by atoms with E-state index in [2.05, 4.69) is 22.2 Å². The van der Waals surface area contributed by atoms with Crippen molar-refractivity contribution < 1.29 is 4.74 Å². The van der Waals surface area contributed by atoms with E-state index in [0.29, 0.717) is 6.10 Å². The zero-order valence-corrected chi connectivity index (χ0v) is 8.59. The van der Waals surface area contributed by atoms with Gasteiger partial charge in [0, 0.05) is 25.0 Å². The molecule has 1 atom stereocenters. The molecule has 1 aromatic heterocycles. The van der Waals surface area contributed by atoms with E-state index in [0.717, 1.165) is 26.2 Å². The molecule has 1 unspecified atom stereocenters. The Kier molecular flexibility index (Phi) is 2.93. The Balaban J connectivity index is 1.87. The van der Waals surface area contributed by atoms with Crippen LogP contribution in [-0.4, -0.2) is 35.7 Å². The molecule has 1 aliphatic heterocycles. The molecule has 0 aromatic carbocycles. The summed E-state index contributed by atoms with van der Waals surface area (Å²) in [6.45, 7) is 6.00. The standard InChI is InChI=1S/C9H14N2OS/c1-8-4-11(2-3-12-8)5-9-6-13-7-10-9/h6-8H,2-5H2,1H3. The molecule has 13 heavy (non-hydrogen) atoms. The zero-order chi connectivity index (χ0) is 9.10. The Morgan fingerprint density at radius 1 is 1.77 bits per heavy atom. The molecule has 0 amide bonds. The van der Waals surface area contributed by atoms with E-state index in [1.165, 1.54) is 5.69 Å². The van der Waals surface area contributed by atoms with Crippen LogP contribution in [0.1, 0.15) is 12.6 Å². The Morgan fingerprint density at radius 2 is 2.69 bits per heavy atom. The van der Waals surface area contributed by atoms with Crippen molar-refractivity contribution in [1.29, 1.82) is 0 Å². The summed E-state index contributed by atoms with van der Waals surface area (Å²) in [5.74, 6) is 0. The van der Waals surface area contributed by atoms with Gasteiger partial charge < -0.3 is 4.74 Å². The number of nitrogens with zero attached hydrogens (tertiary/aromatic N) is 2. The molecule has 2 heterocycles. The minimum Gasteiger partial charge on any atom is -0.376 e. The van der Waals surface area contributed by atoms with Crippen molar-refractivity contribution in [2.45, 2.75) is 19.6 Å². The fraction of sp³-hybridized carbons (Fsp3) is 0.667. The van der Waals surface area contributed by atoms with Crippen molar-refractivity contribution in [1.82, 2.24) is 9.88 Å². The van der Waals surface area contributed by atoms with Gasteiger partial charge in [-0.15, -0.1) is 11.3 Å².